The molecule has 0 saturated heterocycles. The Kier molecular flexibility index (Phi) is 3.40. The molecule has 5 heteroatoms. The third-order valence-electron chi connectivity index (χ3n) is 3.12. The van der Waals surface area contributed by atoms with E-state index in [-0.39, 0.29) is 0 Å². The van der Waals surface area contributed by atoms with Gasteiger partial charge in [-0.1, -0.05) is 36.4 Å². The van der Waals surface area contributed by atoms with Gasteiger partial charge in [-0.25, -0.2) is 4.99 Å². The van der Waals surface area contributed by atoms with Gasteiger partial charge in [-0.15, -0.1) is 0 Å². The van der Waals surface area contributed by atoms with Crippen LogP contribution >= 0.6 is 15.9 Å². The Morgan fingerprint density at radius 2 is 2.25 bits per heavy atom. The van der Waals surface area contributed by atoms with Crippen LogP contribution in [0.1, 0.15) is 19.6 Å². The van der Waals surface area contributed by atoms with Gasteiger partial charge >= 0.3 is 0 Å². The molecule has 1 aliphatic heterocycles. The van der Waals surface area contributed by atoms with E-state index in [1.54, 1.807) is 0 Å². The van der Waals surface area contributed by atoms with E-state index in [0.717, 1.165) is 32.7 Å². The lowest BCUT2D eigenvalue weighted by molar-refractivity contribution is 0.594. The highest BCUT2D eigenvalue weighted by atomic mass is 79.9. The number of rotatable bonds is 3. The molecule has 104 valence electrons. The number of amidine groups is 1. The largest absolute Gasteiger partial charge is 0.452 e. The van der Waals surface area contributed by atoms with Crippen molar-refractivity contribution in [3.63, 3.8) is 0 Å². The predicted octanol–water partition coefficient (Wildman–Crippen LogP) is 3.80. The summed E-state index contributed by atoms with van der Waals surface area (Å²) in [4.78, 5) is 4.66. The third kappa shape index (κ3) is 2.39. The van der Waals surface area contributed by atoms with Crippen molar-refractivity contribution < 1.29 is 4.42 Å². The van der Waals surface area contributed by atoms with E-state index < -0.39 is 0 Å². The van der Waals surface area contributed by atoms with Crippen LogP contribution in [0.15, 0.2) is 38.7 Å². The van der Waals surface area contributed by atoms with Gasteiger partial charge in [-0.05, 0) is 18.2 Å². The lowest BCUT2D eigenvalue weighted by atomic mass is 10.2. The molecule has 1 aromatic carbocycles. The molecule has 2 aromatic rings. The molecule has 0 amide bonds. The Morgan fingerprint density at radius 1 is 1.45 bits per heavy atom. The van der Waals surface area contributed by atoms with Crippen LogP contribution in [0.5, 0.6) is 0 Å². The average molecular weight is 334 g/mol. The Morgan fingerprint density at radius 3 is 3.00 bits per heavy atom. The standard InChI is InChI=1S/C15H16BrN3O/c1-8(2)17-7-13-18-9(3)15-14(19-13)11-6-10(16)4-5-12(11)20-15/h4-6,8,17H,3,7H2,1-2H3,(H,18,19). The van der Waals surface area contributed by atoms with Crippen LogP contribution in [0, 0.1) is 0 Å². The molecule has 3 rings (SSSR count). The first-order chi connectivity index (χ1) is 9.54. The van der Waals surface area contributed by atoms with Gasteiger partial charge in [0.2, 0.25) is 0 Å². The summed E-state index contributed by atoms with van der Waals surface area (Å²) in [6.45, 7) is 8.91. The van der Waals surface area contributed by atoms with E-state index in [1.807, 2.05) is 18.2 Å². The number of nitrogens with one attached hydrogen (secondary N) is 2. The maximum absolute atomic E-state index is 5.82. The lowest BCUT2D eigenvalue weighted by Gasteiger charge is -2.17. The van der Waals surface area contributed by atoms with Crippen molar-refractivity contribution in [3.8, 4) is 0 Å². The van der Waals surface area contributed by atoms with Crippen LogP contribution in [-0.4, -0.2) is 18.4 Å². The highest BCUT2D eigenvalue weighted by Gasteiger charge is 2.22. The molecular weight excluding hydrogens is 318 g/mol. The fraction of sp³-hybridized carbons (Fsp3) is 0.267. The van der Waals surface area contributed by atoms with E-state index in [9.17, 15) is 0 Å². The number of fused-ring (bicyclic) bond motifs is 3. The second kappa shape index (κ2) is 5.07. The van der Waals surface area contributed by atoms with E-state index in [0.29, 0.717) is 18.3 Å². The van der Waals surface area contributed by atoms with Crippen molar-refractivity contribution in [1.29, 1.82) is 0 Å². The van der Waals surface area contributed by atoms with Crippen LogP contribution in [0.4, 0.5) is 5.69 Å². The third-order valence-corrected chi connectivity index (χ3v) is 3.61. The van der Waals surface area contributed by atoms with Crippen LogP contribution in [-0.2, 0) is 0 Å². The molecule has 0 radical (unpaired) electrons. The number of halogens is 1. The van der Waals surface area contributed by atoms with Gasteiger partial charge in [0, 0.05) is 15.9 Å². The van der Waals surface area contributed by atoms with Gasteiger partial charge in [0.15, 0.2) is 5.76 Å². The fourth-order valence-corrected chi connectivity index (χ4v) is 2.51. The molecule has 0 aliphatic carbocycles. The monoisotopic (exact) mass is 333 g/mol. The van der Waals surface area contributed by atoms with Gasteiger partial charge in [0.1, 0.15) is 17.1 Å². The second-order valence-corrected chi connectivity index (χ2v) is 6.03. The first-order valence-corrected chi connectivity index (χ1v) is 7.33. The number of nitrogens with zero attached hydrogens (tertiary/aromatic N) is 1. The minimum Gasteiger partial charge on any atom is -0.452 e. The Bertz CT molecular complexity index is 715. The quantitative estimate of drug-likeness (QED) is 0.898. The summed E-state index contributed by atoms with van der Waals surface area (Å²) in [6, 6.07) is 6.32. The van der Waals surface area contributed by atoms with Crippen molar-refractivity contribution in [2.75, 3.05) is 6.54 Å². The molecule has 2 heterocycles. The maximum atomic E-state index is 5.82. The van der Waals surface area contributed by atoms with Crippen molar-refractivity contribution in [2.24, 2.45) is 4.99 Å². The van der Waals surface area contributed by atoms with E-state index in [4.69, 9.17) is 4.42 Å². The van der Waals surface area contributed by atoms with Gasteiger partial charge in [0.05, 0.1) is 12.2 Å². The summed E-state index contributed by atoms with van der Waals surface area (Å²) in [5.74, 6) is 1.57. The number of furan rings is 1. The fourth-order valence-electron chi connectivity index (χ4n) is 2.15. The predicted molar refractivity (Wildman–Crippen MR) is 86.3 cm³/mol. The Labute approximate surface area is 126 Å². The van der Waals surface area contributed by atoms with Crippen molar-refractivity contribution in [2.45, 2.75) is 19.9 Å². The van der Waals surface area contributed by atoms with Crippen molar-refractivity contribution in [3.05, 3.63) is 35.0 Å². The summed E-state index contributed by atoms with van der Waals surface area (Å²) in [5.41, 5.74) is 2.43. The Hall–Kier alpha value is -1.59. The number of aliphatic imine (C=N–C) groups is 1. The lowest BCUT2D eigenvalue weighted by Crippen LogP contribution is -2.37. The second-order valence-electron chi connectivity index (χ2n) is 5.12. The zero-order valence-corrected chi connectivity index (χ0v) is 13.0. The number of hydrogen-bond donors (Lipinski definition) is 2. The van der Waals surface area contributed by atoms with Crippen molar-refractivity contribution >= 4 is 44.1 Å². The minimum atomic E-state index is 0.407. The van der Waals surface area contributed by atoms with Gasteiger partial charge in [0.25, 0.3) is 0 Å². The highest BCUT2D eigenvalue weighted by Crippen LogP contribution is 2.39. The molecular formula is C15H16BrN3O. The van der Waals surface area contributed by atoms with Crippen LogP contribution in [0.3, 0.4) is 0 Å². The van der Waals surface area contributed by atoms with Gasteiger partial charge < -0.3 is 15.1 Å². The Balaban J connectivity index is 2.06. The van der Waals surface area contributed by atoms with E-state index in [1.165, 1.54) is 0 Å². The molecule has 0 saturated carbocycles. The van der Waals surface area contributed by atoms with Gasteiger partial charge in [-0.3, -0.25) is 0 Å². The van der Waals surface area contributed by atoms with Gasteiger partial charge in [-0.2, -0.15) is 0 Å². The molecule has 0 unspecified atom stereocenters. The zero-order valence-electron chi connectivity index (χ0n) is 11.5. The molecule has 1 aliphatic rings. The number of benzene rings is 1. The molecule has 0 atom stereocenters. The topological polar surface area (TPSA) is 49.6 Å². The summed E-state index contributed by atoms with van der Waals surface area (Å²) >= 11 is 3.48. The molecule has 0 spiro atoms. The first-order valence-electron chi connectivity index (χ1n) is 6.54. The molecule has 0 fully saturated rings. The minimum absolute atomic E-state index is 0.407. The normalized spacial score (nSPS) is 14.4. The average Bonchev–Trinajstić information content (AvgIpc) is 2.75. The van der Waals surface area contributed by atoms with Crippen LogP contribution in [0.2, 0.25) is 0 Å². The summed E-state index contributed by atoms with van der Waals surface area (Å²) in [6.07, 6.45) is 0. The molecule has 1 aromatic heterocycles. The first kappa shape index (κ1) is 13.4. The molecule has 4 nitrogen and oxygen atoms in total. The number of hydrogen-bond acceptors (Lipinski definition) is 4. The molecule has 20 heavy (non-hydrogen) atoms. The van der Waals surface area contributed by atoms with E-state index >= 15 is 0 Å². The van der Waals surface area contributed by atoms with Crippen molar-refractivity contribution in [1.82, 2.24) is 10.6 Å². The maximum Gasteiger partial charge on any atom is 0.176 e. The zero-order chi connectivity index (χ0) is 14.3. The highest BCUT2D eigenvalue weighted by molar-refractivity contribution is 9.10. The molecule has 0 bridgehead atoms. The summed E-state index contributed by atoms with van der Waals surface area (Å²) < 4.78 is 6.83. The van der Waals surface area contributed by atoms with E-state index in [2.05, 4.69) is 52.0 Å². The van der Waals surface area contributed by atoms with Crippen LogP contribution < -0.4 is 10.6 Å². The summed E-state index contributed by atoms with van der Waals surface area (Å²) in [5, 5.41) is 7.53. The SMILES string of the molecule is C=C1NC(CNC(C)C)=Nc2c1oc1ccc(Br)cc21. The van der Waals surface area contributed by atoms with Crippen LogP contribution in [0.25, 0.3) is 16.7 Å². The summed E-state index contributed by atoms with van der Waals surface area (Å²) in [7, 11) is 0. The smallest absolute Gasteiger partial charge is 0.176 e. The molecule has 2 N–H and O–H groups in total.